The highest BCUT2D eigenvalue weighted by Crippen LogP contribution is 2.21. The summed E-state index contributed by atoms with van der Waals surface area (Å²) in [6.07, 6.45) is 5.16. The first kappa shape index (κ1) is 5.54. The minimum atomic E-state index is 0.634. The zero-order valence-electron chi connectivity index (χ0n) is 5.05. The van der Waals surface area contributed by atoms with Crippen LogP contribution >= 0.6 is 0 Å². The third-order valence-corrected chi connectivity index (χ3v) is 1.54. The molecule has 0 aromatic rings. The van der Waals surface area contributed by atoms with Gasteiger partial charge in [-0.3, -0.25) is 4.79 Å². The Labute approximate surface area is 49.4 Å². The second-order valence-electron chi connectivity index (χ2n) is 2.38. The fourth-order valence-electron chi connectivity index (χ4n) is 1.02. The fourth-order valence-corrected chi connectivity index (χ4v) is 1.02. The van der Waals surface area contributed by atoms with E-state index in [1.165, 1.54) is 0 Å². The maximum atomic E-state index is 10.1. The molecular weight excluding hydrogens is 100 g/mol. The average molecular weight is 110 g/mol. The first-order valence-corrected chi connectivity index (χ1v) is 2.99. The molecular formula is C7H10O. The minimum absolute atomic E-state index is 0.634. The normalized spacial score (nSPS) is 27.6. The van der Waals surface area contributed by atoms with Gasteiger partial charge in [0.15, 0.2) is 0 Å². The molecule has 0 spiro atoms. The van der Waals surface area contributed by atoms with Gasteiger partial charge in [0.05, 0.1) is 0 Å². The molecule has 1 aliphatic carbocycles. The van der Waals surface area contributed by atoms with E-state index in [0.717, 1.165) is 24.7 Å². The van der Waals surface area contributed by atoms with Crippen LogP contribution in [0.2, 0.25) is 0 Å². The van der Waals surface area contributed by atoms with Crippen LogP contribution in [0.15, 0.2) is 11.6 Å². The van der Waals surface area contributed by atoms with Gasteiger partial charge in [0.25, 0.3) is 0 Å². The number of hydrogen-bond acceptors (Lipinski definition) is 1. The first-order chi connectivity index (χ1) is 3.83. The average Bonchev–Trinajstić information content (AvgIpc) is 2.14. The van der Waals surface area contributed by atoms with Crippen LogP contribution in [0.5, 0.6) is 0 Å². The molecule has 0 aliphatic heterocycles. The molecule has 44 valence electrons. The van der Waals surface area contributed by atoms with Gasteiger partial charge in [0.1, 0.15) is 6.29 Å². The second kappa shape index (κ2) is 2.12. The zero-order valence-corrected chi connectivity index (χ0v) is 5.05. The van der Waals surface area contributed by atoms with E-state index in [2.05, 4.69) is 6.92 Å². The van der Waals surface area contributed by atoms with Crippen LogP contribution in [0, 0.1) is 5.92 Å². The molecule has 1 atom stereocenters. The van der Waals surface area contributed by atoms with Crippen molar-refractivity contribution in [2.45, 2.75) is 19.8 Å². The van der Waals surface area contributed by atoms with Crippen molar-refractivity contribution in [1.82, 2.24) is 0 Å². The molecule has 0 fully saturated rings. The van der Waals surface area contributed by atoms with Gasteiger partial charge in [0, 0.05) is 0 Å². The van der Waals surface area contributed by atoms with E-state index in [1.54, 1.807) is 0 Å². The summed E-state index contributed by atoms with van der Waals surface area (Å²) in [5.41, 5.74) is 0.984. The van der Waals surface area contributed by atoms with Gasteiger partial charge in [-0.1, -0.05) is 13.0 Å². The van der Waals surface area contributed by atoms with Crippen molar-refractivity contribution in [3.8, 4) is 0 Å². The molecule has 0 saturated carbocycles. The SMILES string of the molecule is C[C@H]1C=C(C=O)CC1. The van der Waals surface area contributed by atoms with E-state index in [0.29, 0.717) is 5.92 Å². The topological polar surface area (TPSA) is 17.1 Å². The van der Waals surface area contributed by atoms with Gasteiger partial charge in [0.2, 0.25) is 0 Å². The molecule has 0 unspecified atom stereocenters. The molecule has 0 aromatic heterocycles. The Morgan fingerprint density at radius 3 is 2.88 bits per heavy atom. The molecule has 0 bridgehead atoms. The number of aldehydes is 1. The molecule has 1 rings (SSSR count). The van der Waals surface area contributed by atoms with Gasteiger partial charge in [-0.05, 0) is 24.3 Å². The Hall–Kier alpha value is -0.590. The monoisotopic (exact) mass is 110 g/mol. The summed E-state index contributed by atoms with van der Waals surface area (Å²) in [5, 5.41) is 0. The lowest BCUT2D eigenvalue weighted by atomic mass is 10.2. The molecule has 0 amide bonds. The molecule has 0 aromatic carbocycles. The van der Waals surface area contributed by atoms with Crippen molar-refractivity contribution in [3.05, 3.63) is 11.6 Å². The summed E-state index contributed by atoms with van der Waals surface area (Å²) < 4.78 is 0. The predicted octanol–water partition coefficient (Wildman–Crippen LogP) is 1.54. The molecule has 1 aliphatic rings. The highest BCUT2D eigenvalue weighted by molar-refractivity contribution is 5.73. The van der Waals surface area contributed by atoms with E-state index in [-0.39, 0.29) is 0 Å². The third-order valence-electron chi connectivity index (χ3n) is 1.54. The minimum Gasteiger partial charge on any atom is -0.298 e. The third kappa shape index (κ3) is 0.971. The number of carbonyl (C=O) groups is 1. The van der Waals surface area contributed by atoms with Crippen molar-refractivity contribution >= 4 is 6.29 Å². The number of allylic oxidation sites excluding steroid dienone is 2. The summed E-state index contributed by atoms with van der Waals surface area (Å²) in [7, 11) is 0. The van der Waals surface area contributed by atoms with E-state index in [4.69, 9.17) is 0 Å². The highest BCUT2D eigenvalue weighted by Gasteiger charge is 2.08. The van der Waals surface area contributed by atoms with Crippen molar-refractivity contribution in [3.63, 3.8) is 0 Å². The van der Waals surface area contributed by atoms with Crippen LogP contribution in [-0.4, -0.2) is 6.29 Å². The van der Waals surface area contributed by atoms with Gasteiger partial charge in [-0.15, -0.1) is 0 Å². The Morgan fingerprint density at radius 1 is 1.88 bits per heavy atom. The Bertz CT molecular complexity index is 124. The lowest BCUT2D eigenvalue weighted by Gasteiger charge is -1.89. The van der Waals surface area contributed by atoms with Gasteiger partial charge < -0.3 is 0 Å². The fraction of sp³-hybridized carbons (Fsp3) is 0.571. The standard InChI is InChI=1S/C7H10O/c1-6-2-3-7(4-6)5-8/h4-6H,2-3H2,1H3/t6-/m1/s1. The summed E-state index contributed by atoms with van der Waals surface area (Å²) in [5.74, 6) is 0.634. The molecule has 8 heavy (non-hydrogen) atoms. The van der Waals surface area contributed by atoms with Crippen LogP contribution in [0.3, 0.4) is 0 Å². The molecule has 1 nitrogen and oxygen atoms in total. The largest absolute Gasteiger partial charge is 0.298 e. The van der Waals surface area contributed by atoms with E-state index < -0.39 is 0 Å². The van der Waals surface area contributed by atoms with E-state index in [1.807, 2.05) is 6.08 Å². The molecule has 0 saturated heterocycles. The number of rotatable bonds is 1. The van der Waals surface area contributed by atoms with Crippen molar-refractivity contribution < 1.29 is 4.79 Å². The van der Waals surface area contributed by atoms with Gasteiger partial charge in [-0.2, -0.15) is 0 Å². The second-order valence-corrected chi connectivity index (χ2v) is 2.38. The summed E-state index contributed by atoms with van der Waals surface area (Å²) >= 11 is 0. The van der Waals surface area contributed by atoms with Crippen LogP contribution in [-0.2, 0) is 4.79 Å². The maximum Gasteiger partial charge on any atom is 0.145 e. The Balaban J connectivity index is 2.56. The van der Waals surface area contributed by atoms with Crippen LogP contribution < -0.4 is 0 Å². The maximum absolute atomic E-state index is 10.1. The van der Waals surface area contributed by atoms with Gasteiger partial charge in [-0.25, -0.2) is 0 Å². The van der Waals surface area contributed by atoms with E-state index in [9.17, 15) is 4.79 Å². The van der Waals surface area contributed by atoms with Crippen LogP contribution in [0.25, 0.3) is 0 Å². The molecule has 0 N–H and O–H groups in total. The highest BCUT2D eigenvalue weighted by atomic mass is 16.1. The molecule has 0 heterocycles. The zero-order chi connectivity index (χ0) is 5.98. The lowest BCUT2D eigenvalue weighted by molar-refractivity contribution is -0.105. The van der Waals surface area contributed by atoms with Crippen molar-refractivity contribution in [2.24, 2.45) is 5.92 Å². The van der Waals surface area contributed by atoms with Crippen LogP contribution in [0.1, 0.15) is 19.8 Å². The van der Waals surface area contributed by atoms with Crippen LogP contribution in [0.4, 0.5) is 0 Å². The van der Waals surface area contributed by atoms with E-state index >= 15 is 0 Å². The quantitative estimate of drug-likeness (QED) is 0.468. The van der Waals surface area contributed by atoms with Gasteiger partial charge >= 0.3 is 0 Å². The Kier molecular flexibility index (Phi) is 1.47. The summed E-state index contributed by atoms with van der Waals surface area (Å²) in [4.78, 5) is 10.1. The Morgan fingerprint density at radius 2 is 2.62 bits per heavy atom. The van der Waals surface area contributed by atoms with Crippen molar-refractivity contribution in [2.75, 3.05) is 0 Å². The smallest absolute Gasteiger partial charge is 0.145 e. The number of hydrogen-bond donors (Lipinski definition) is 0. The number of carbonyl (C=O) groups excluding carboxylic acids is 1. The summed E-state index contributed by atoms with van der Waals surface area (Å²) in [6, 6.07) is 0. The summed E-state index contributed by atoms with van der Waals surface area (Å²) in [6.45, 7) is 2.14. The van der Waals surface area contributed by atoms with Crippen molar-refractivity contribution in [1.29, 1.82) is 0 Å². The first-order valence-electron chi connectivity index (χ1n) is 2.99. The molecule has 0 radical (unpaired) electrons. The predicted molar refractivity (Wildman–Crippen MR) is 32.5 cm³/mol. The lowest BCUT2D eigenvalue weighted by Crippen LogP contribution is -1.77. The molecule has 1 heteroatoms.